The number of esters is 1. The Hall–Kier alpha value is -2.36. The van der Waals surface area contributed by atoms with Crippen molar-refractivity contribution in [3.63, 3.8) is 0 Å². The molecule has 1 amide bonds. The molecule has 22 heavy (non-hydrogen) atoms. The number of amides is 1. The van der Waals surface area contributed by atoms with Crippen LogP contribution in [0.3, 0.4) is 0 Å². The van der Waals surface area contributed by atoms with E-state index in [4.69, 9.17) is 10.5 Å². The van der Waals surface area contributed by atoms with E-state index in [0.717, 1.165) is 0 Å². The number of anilines is 1. The van der Waals surface area contributed by atoms with Gasteiger partial charge in [0.1, 0.15) is 16.6 Å². The van der Waals surface area contributed by atoms with Crippen LogP contribution in [0.25, 0.3) is 11.2 Å². The van der Waals surface area contributed by atoms with E-state index in [1.807, 2.05) is 0 Å². The number of imidazole rings is 1. The van der Waals surface area contributed by atoms with E-state index in [0.29, 0.717) is 29.2 Å². The highest BCUT2D eigenvalue weighted by molar-refractivity contribution is 8.00. The maximum Gasteiger partial charge on any atom is 0.328 e. The van der Waals surface area contributed by atoms with E-state index in [2.05, 4.69) is 25.3 Å². The zero-order chi connectivity index (χ0) is 15.7. The van der Waals surface area contributed by atoms with Crippen LogP contribution in [-0.2, 0) is 14.3 Å². The number of thioether (sulfide) groups is 1. The molecule has 0 radical (unpaired) electrons. The monoisotopic (exact) mass is 322 g/mol. The number of nitrogen functional groups attached to an aromatic ring is 1. The normalized spacial score (nSPS) is 19.1. The minimum absolute atomic E-state index is 0.0917. The molecule has 2 aromatic rings. The summed E-state index contributed by atoms with van der Waals surface area (Å²) in [6, 6.07) is -0.571. The number of nitrogens with one attached hydrogen (secondary N) is 2. The first-order valence-electron chi connectivity index (χ1n) is 6.65. The number of cyclic esters (lactones) is 1. The molecule has 0 spiro atoms. The third-order valence-electron chi connectivity index (χ3n) is 3.18. The summed E-state index contributed by atoms with van der Waals surface area (Å²) >= 11 is 1.22. The summed E-state index contributed by atoms with van der Waals surface area (Å²) in [4.78, 5) is 38.6. The summed E-state index contributed by atoms with van der Waals surface area (Å²) in [6.07, 6.45) is 1.98. The summed E-state index contributed by atoms with van der Waals surface area (Å²) in [5.41, 5.74) is 6.71. The molecular formula is C12H14N6O3S. The van der Waals surface area contributed by atoms with Gasteiger partial charge in [0.05, 0.1) is 18.2 Å². The molecule has 0 saturated carbocycles. The van der Waals surface area contributed by atoms with Crippen LogP contribution in [0.2, 0.25) is 0 Å². The Bertz CT molecular complexity index is 733. The fourth-order valence-electron chi connectivity index (χ4n) is 2.04. The van der Waals surface area contributed by atoms with Crippen molar-refractivity contribution in [2.45, 2.75) is 29.7 Å². The molecule has 116 valence electrons. The van der Waals surface area contributed by atoms with E-state index >= 15 is 0 Å². The Morgan fingerprint density at radius 1 is 1.59 bits per heavy atom. The summed E-state index contributed by atoms with van der Waals surface area (Å²) in [5, 5.41) is 2.75. The number of H-pyrrole nitrogens is 1. The van der Waals surface area contributed by atoms with Crippen molar-refractivity contribution in [3.05, 3.63) is 6.33 Å². The van der Waals surface area contributed by atoms with E-state index in [9.17, 15) is 9.59 Å². The molecule has 1 fully saturated rings. The average Bonchev–Trinajstić information content (AvgIpc) is 3.08. The van der Waals surface area contributed by atoms with Crippen molar-refractivity contribution >= 4 is 40.8 Å². The molecule has 0 aromatic carbocycles. The summed E-state index contributed by atoms with van der Waals surface area (Å²) < 4.78 is 4.82. The lowest BCUT2D eigenvalue weighted by Crippen LogP contribution is -2.41. The van der Waals surface area contributed by atoms with Gasteiger partial charge in [-0.1, -0.05) is 11.8 Å². The van der Waals surface area contributed by atoms with Gasteiger partial charge in [0.2, 0.25) is 11.9 Å². The second-order valence-electron chi connectivity index (χ2n) is 4.77. The largest absolute Gasteiger partial charge is 0.464 e. The van der Waals surface area contributed by atoms with Crippen molar-refractivity contribution in [1.82, 2.24) is 25.3 Å². The Labute approximate surface area is 129 Å². The Morgan fingerprint density at radius 2 is 2.41 bits per heavy atom. The van der Waals surface area contributed by atoms with Gasteiger partial charge in [-0.2, -0.15) is 4.98 Å². The van der Waals surface area contributed by atoms with Crippen LogP contribution >= 0.6 is 11.8 Å². The standard InChI is InChI=1S/C12H14N6O3S/c1-5(9(19)16-6-2-3-21-11(6)20)22-10-7-8(15-4-14-7)17-12(13)18-10/h4-6H,2-3H2,1H3,(H,16,19)(H3,13,14,15,17,18)/t5?,6-/m0/s1. The molecule has 1 aliphatic rings. The van der Waals surface area contributed by atoms with Crippen molar-refractivity contribution in [2.75, 3.05) is 12.3 Å². The van der Waals surface area contributed by atoms with E-state index in [1.54, 1.807) is 6.92 Å². The first kappa shape index (κ1) is 14.6. The number of nitrogens with two attached hydrogens (primary N) is 1. The number of ether oxygens (including phenoxy) is 1. The van der Waals surface area contributed by atoms with Gasteiger partial charge in [-0.25, -0.2) is 14.8 Å². The summed E-state index contributed by atoms with van der Waals surface area (Å²) in [6.45, 7) is 2.06. The van der Waals surface area contributed by atoms with E-state index in [1.165, 1.54) is 18.1 Å². The lowest BCUT2D eigenvalue weighted by Gasteiger charge is -2.14. The first-order chi connectivity index (χ1) is 10.5. The molecule has 4 N–H and O–H groups in total. The molecular weight excluding hydrogens is 308 g/mol. The molecule has 0 aliphatic carbocycles. The number of carbonyl (C=O) groups is 2. The SMILES string of the molecule is CC(Sc1nc(N)nc2nc[nH]c12)C(=O)N[C@H]1CCOC1=O. The fraction of sp³-hybridized carbons (Fsp3) is 0.417. The van der Waals surface area contributed by atoms with Crippen LogP contribution in [0.1, 0.15) is 13.3 Å². The first-order valence-corrected chi connectivity index (χ1v) is 7.53. The molecule has 2 aromatic heterocycles. The van der Waals surface area contributed by atoms with Crippen molar-refractivity contribution in [2.24, 2.45) is 0 Å². The van der Waals surface area contributed by atoms with Gasteiger partial charge in [-0.15, -0.1) is 0 Å². The Kier molecular flexibility index (Phi) is 3.84. The van der Waals surface area contributed by atoms with Crippen LogP contribution in [0.4, 0.5) is 5.95 Å². The highest BCUT2D eigenvalue weighted by Gasteiger charge is 2.30. The second-order valence-corrected chi connectivity index (χ2v) is 6.10. The number of rotatable bonds is 4. The number of hydrogen-bond donors (Lipinski definition) is 3. The summed E-state index contributed by atoms with van der Waals surface area (Å²) in [7, 11) is 0. The number of nitrogens with zero attached hydrogens (tertiary/aromatic N) is 3. The molecule has 9 nitrogen and oxygen atoms in total. The maximum absolute atomic E-state index is 12.2. The minimum Gasteiger partial charge on any atom is -0.464 e. The average molecular weight is 322 g/mol. The highest BCUT2D eigenvalue weighted by Crippen LogP contribution is 2.27. The lowest BCUT2D eigenvalue weighted by molar-refractivity contribution is -0.141. The number of carbonyl (C=O) groups excluding carboxylic acids is 2. The minimum atomic E-state index is -0.571. The molecule has 1 aliphatic heterocycles. The third kappa shape index (κ3) is 2.82. The molecule has 0 bridgehead atoms. The smallest absolute Gasteiger partial charge is 0.328 e. The third-order valence-corrected chi connectivity index (χ3v) is 4.27. The van der Waals surface area contributed by atoms with E-state index < -0.39 is 17.3 Å². The van der Waals surface area contributed by atoms with Gasteiger partial charge in [0.25, 0.3) is 0 Å². The number of fused-ring (bicyclic) bond motifs is 1. The van der Waals surface area contributed by atoms with Gasteiger partial charge in [-0.3, -0.25) is 4.79 Å². The zero-order valence-electron chi connectivity index (χ0n) is 11.7. The number of aromatic nitrogens is 4. The van der Waals surface area contributed by atoms with Gasteiger partial charge in [-0.05, 0) is 6.92 Å². The predicted octanol–water partition coefficient (Wildman–Crippen LogP) is -0.153. The quantitative estimate of drug-likeness (QED) is 0.401. The maximum atomic E-state index is 12.2. The van der Waals surface area contributed by atoms with E-state index in [-0.39, 0.29) is 11.9 Å². The van der Waals surface area contributed by atoms with Gasteiger partial charge in [0, 0.05) is 6.42 Å². The topological polar surface area (TPSA) is 136 Å². The Morgan fingerprint density at radius 3 is 3.14 bits per heavy atom. The second kappa shape index (κ2) is 5.79. The van der Waals surface area contributed by atoms with Crippen LogP contribution in [0.5, 0.6) is 0 Å². The van der Waals surface area contributed by atoms with Gasteiger partial charge in [0.15, 0.2) is 5.65 Å². The van der Waals surface area contributed by atoms with Crippen molar-refractivity contribution < 1.29 is 14.3 Å². The van der Waals surface area contributed by atoms with Crippen molar-refractivity contribution in [3.8, 4) is 0 Å². The van der Waals surface area contributed by atoms with Crippen molar-refractivity contribution in [1.29, 1.82) is 0 Å². The molecule has 3 heterocycles. The predicted molar refractivity (Wildman–Crippen MR) is 78.9 cm³/mol. The summed E-state index contributed by atoms with van der Waals surface area (Å²) in [5.74, 6) is -0.569. The Balaban J connectivity index is 1.72. The molecule has 1 saturated heterocycles. The molecule has 2 atom stereocenters. The van der Waals surface area contributed by atoms with Crippen LogP contribution < -0.4 is 11.1 Å². The van der Waals surface area contributed by atoms with Crippen LogP contribution in [0.15, 0.2) is 11.4 Å². The van der Waals surface area contributed by atoms with Crippen LogP contribution in [-0.4, -0.2) is 49.7 Å². The number of aromatic amines is 1. The van der Waals surface area contributed by atoms with Gasteiger partial charge < -0.3 is 20.8 Å². The van der Waals surface area contributed by atoms with Crippen LogP contribution in [0, 0.1) is 0 Å². The molecule has 3 rings (SSSR count). The number of hydrogen-bond acceptors (Lipinski definition) is 8. The molecule has 10 heteroatoms. The molecule has 1 unspecified atom stereocenters. The highest BCUT2D eigenvalue weighted by atomic mass is 32.2. The lowest BCUT2D eigenvalue weighted by atomic mass is 10.2. The zero-order valence-corrected chi connectivity index (χ0v) is 12.5. The fourth-order valence-corrected chi connectivity index (χ4v) is 2.97. The van der Waals surface area contributed by atoms with Gasteiger partial charge >= 0.3 is 5.97 Å².